The first kappa shape index (κ1) is 5.89. The average Bonchev–Trinajstić information content (AvgIpc) is 1.62. The molecular weight excluding hydrogens is 108 g/mol. The minimum Gasteiger partial charge on any atom is -0.241 e. The highest BCUT2D eigenvalue weighted by molar-refractivity contribution is 4.36. The van der Waals surface area contributed by atoms with Gasteiger partial charge in [0, 0.05) is 0 Å². The third kappa shape index (κ3) is 2.17. The molecule has 0 aromatic carbocycles. The molecule has 1 saturated heterocycles. The standard InChI is InChI=1S/C2H10N6/c1-3-4-2-6-8-7-5-1/h3-8H,1-2H2. The fourth-order valence-corrected chi connectivity index (χ4v) is 0.390. The lowest BCUT2D eigenvalue weighted by Gasteiger charge is -2.15. The number of hydrazine groups is 4. The van der Waals surface area contributed by atoms with E-state index >= 15 is 0 Å². The Hall–Kier alpha value is -0.240. The van der Waals surface area contributed by atoms with Gasteiger partial charge in [0.15, 0.2) is 0 Å². The summed E-state index contributed by atoms with van der Waals surface area (Å²) in [6.45, 7) is 1.35. The molecule has 6 heteroatoms. The molecular formula is C2H10N6. The van der Waals surface area contributed by atoms with Crippen LogP contribution >= 0.6 is 0 Å². The number of hydrogen-bond donors (Lipinski definition) is 6. The molecule has 1 aliphatic rings. The van der Waals surface area contributed by atoms with E-state index in [1.165, 1.54) is 0 Å². The summed E-state index contributed by atoms with van der Waals surface area (Å²) in [7, 11) is 0. The number of rotatable bonds is 0. The van der Waals surface area contributed by atoms with Crippen LogP contribution < -0.4 is 32.8 Å². The largest absolute Gasteiger partial charge is 0.241 e. The molecule has 1 aliphatic heterocycles. The summed E-state index contributed by atoms with van der Waals surface area (Å²) < 4.78 is 0. The molecule has 0 unspecified atom stereocenters. The highest BCUT2D eigenvalue weighted by atomic mass is 15.8. The van der Waals surface area contributed by atoms with Gasteiger partial charge in [-0.1, -0.05) is 0 Å². The van der Waals surface area contributed by atoms with Gasteiger partial charge in [-0.2, -0.15) is 11.1 Å². The van der Waals surface area contributed by atoms with Crippen molar-refractivity contribution in [1.82, 2.24) is 32.8 Å². The lowest BCUT2D eigenvalue weighted by molar-refractivity contribution is 0.291. The first-order chi connectivity index (χ1) is 4.00. The Labute approximate surface area is 47.3 Å². The van der Waals surface area contributed by atoms with E-state index in [1.54, 1.807) is 0 Å². The predicted octanol–water partition coefficient (Wildman–Crippen LogP) is -2.89. The van der Waals surface area contributed by atoms with Crippen LogP contribution in [0.25, 0.3) is 0 Å². The monoisotopic (exact) mass is 118 g/mol. The van der Waals surface area contributed by atoms with Gasteiger partial charge in [-0.3, -0.25) is 0 Å². The van der Waals surface area contributed by atoms with Crippen molar-refractivity contribution in [3.63, 3.8) is 0 Å². The van der Waals surface area contributed by atoms with Crippen molar-refractivity contribution in [3.05, 3.63) is 0 Å². The smallest absolute Gasteiger partial charge is 0.0735 e. The topological polar surface area (TPSA) is 72.2 Å². The summed E-state index contributed by atoms with van der Waals surface area (Å²) in [4.78, 5) is 0. The summed E-state index contributed by atoms with van der Waals surface area (Å²) in [6.07, 6.45) is 0. The van der Waals surface area contributed by atoms with Crippen LogP contribution in [0.15, 0.2) is 0 Å². The van der Waals surface area contributed by atoms with Gasteiger partial charge < -0.3 is 0 Å². The van der Waals surface area contributed by atoms with Crippen molar-refractivity contribution in [2.75, 3.05) is 13.3 Å². The van der Waals surface area contributed by atoms with Crippen molar-refractivity contribution in [2.24, 2.45) is 0 Å². The SMILES string of the molecule is C1NNCNNNN1. The predicted molar refractivity (Wildman–Crippen MR) is 28.5 cm³/mol. The van der Waals surface area contributed by atoms with Gasteiger partial charge in [0.2, 0.25) is 0 Å². The second-order valence-corrected chi connectivity index (χ2v) is 1.31. The fourth-order valence-electron chi connectivity index (χ4n) is 0.390. The molecule has 0 saturated carbocycles. The fraction of sp³-hybridized carbons (Fsp3) is 1.00. The van der Waals surface area contributed by atoms with Gasteiger partial charge in [0.25, 0.3) is 0 Å². The van der Waals surface area contributed by atoms with Crippen LogP contribution in [-0.4, -0.2) is 13.3 Å². The summed E-state index contributed by atoms with van der Waals surface area (Å²) in [5.41, 5.74) is 16.6. The zero-order chi connectivity index (χ0) is 5.66. The Morgan fingerprint density at radius 3 is 1.62 bits per heavy atom. The van der Waals surface area contributed by atoms with E-state index in [9.17, 15) is 0 Å². The number of nitrogens with one attached hydrogen (secondary N) is 6. The number of hydrogen-bond acceptors (Lipinski definition) is 6. The van der Waals surface area contributed by atoms with E-state index in [2.05, 4.69) is 32.8 Å². The van der Waals surface area contributed by atoms with Crippen LogP contribution in [-0.2, 0) is 0 Å². The Balaban J connectivity index is 2.00. The molecule has 6 nitrogen and oxygen atoms in total. The minimum atomic E-state index is 0.675. The Kier molecular flexibility index (Phi) is 2.74. The van der Waals surface area contributed by atoms with E-state index in [4.69, 9.17) is 0 Å². The molecule has 0 bridgehead atoms. The second kappa shape index (κ2) is 3.72. The lowest BCUT2D eigenvalue weighted by atomic mass is 11.1. The highest BCUT2D eigenvalue weighted by Gasteiger charge is 1.87. The van der Waals surface area contributed by atoms with Gasteiger partial charge in [-0.15, -0.1) is 0 Å². The van der Waals surface area contributed by atoms with Crippen LogP contribution in [0.5, 0.6) is 0 Å². The third-order valence-corrected chi connectivity index (χ3v) is 0.718. The second-order valence-electron chi connectivity index (χ2n) is 1.31. The summed E-state index contributed by atoms with van der Waals surface area (Å²) in [5.74, 6) is 0. The van der Waals surface area contributed by atoms with Gasteiger partial charge in [0.05, 0.1) is 13.3 Å². The molecule has 8 heavy (non-hydrogen) atoms. The van der Waals surface area contributed by atoms with Crippen molar-refractivity contribution >= 4 is 0 Å². The van der Waals surface area contributed by atoms with Crippen LogP contribution in [0.3, 0.4) is 0 Å². The molecule has 0 atom stereocenters. The molecule has 0 aliphatic carbocycles. The van der Waals surface area contributed by atoms with E-state index < -0.39 is 0 Å². The van der Waals surface area contributed by atoms with Crippen LogP contribution in [0.1, 0.15) is 0 Å². The Morgan fingerprint density at radius 1 is 0.625 bits per heavy atom. The van der Waals surface area contributed by atoms with Crippen LogP contribution in [0, 0.1) is 0 Å². The first-order valence-corrected chi connectivity index (χ1v) is 2.41. The molecule has 0 spiro atoms. The van der Waals surface area contributed by atoms with E-state index in [0.29, 0.717) is 13.3 Å². The molecule has 1 rings (SSSR count). The zero-order valence-electron chi connectivity index (χ0n) is 4.41. The van der Waals surface area contributed by atoms with E-state index in [-0.39, 0.29) is 0 Å². The maximum absolute atomic E-state index is 2.86. The molecule has 1 fully saturated rings. The quantitative estimate of drug-likeness (QED) is 0.205. The lowest BCUT2D eigenvalue weighted by Crippen LogP contribution is -2.60. The van der Waals surface area contributed by atoms with Gasteiger partial charge in [0.1, 0.15) is 0 Å². The highest BCUT2D eigenvalue weighted by Crippen LogP contribution is 1.45. The summed E-state index contributed by atoms with van der Waals surface area (Å²) in [5, 5.41) is 0. The molecule has 48 valence electrons. The van der Waals surface area contributed by atoms with E-state index in [0.717, 1.165) is 0 Å². The summed E-state index contributed by atoms with van der Waals surface area (Å²) in [6, 6.07) is 0. The molecule has 0 radical (unpaired) electrons. The molecule has 0 amide bonds. The molecule has 0 aromatic rings. The van der Waals surface area contributed by atoms with Crippen LogP contribution in [0.2, 0.25) is 0 Å². The third-order valence-electron chi connectivity index (χ3n) is 0.718. The van der Waals surface area contributed by atoms with Gasteiger partial charge in [-0.25, -0.2) is 21.7 Å². The molecule has 6 N–H and O–H groups in total. The van der Waals surface area contributed by atoms with Crippen molar-refractivity contribution in [3.8, 4) is 0 Å². The van der Waals surface area contributed by atoms with E-state index in [1.807, 2.05) is 0 Å². The summed E-state index contributed by atoms with van der Waals surface area (Å²) >= 11 is 0. The van der Waals surface area contributed by atoms with Crippen molar-refractivity contribution in [2.45, 2.75) is 0 Å². The zero-order valence-corrected chi connectivity index (χ0v) is 4.41. The first-order valence-electron chi connectivity index (χ1n) is 2.41. The maximum Gasteiger partial charge on any atom is 0.0735 e. The van der Waals surface area contributed by atoms with Gasteiger partial charge in [-0.05, 0) is 0 Å². The molecule has 1 heterocycles. The Morgan fingerprint density at radius 2 is 1.12 bits per heavy atom. The molecule has 0 aromatic heterocycles. The average molecular weight is 118 g/mol. The maximum atomic E-state index is 2.86. The van der Waals surface area contributed by atoms with Crippen molar-refractivity contribution < 1.29 is 0 Å². The van der Waals surface area contributed by atoms with Crippen molar-refractivity contribution in [1.29, 1.82) is 0 Å². The van der Waals surface area contributed by atoms with Gasteiger partial charge >= 0.3 is 0 Å². The van der Waals surface area contributed by atoms with Crippen LogP contribution in [0.4, 0.5) is 0 Å². The minimum absolute atomic E-state index is 0.675. The normalized spacial score (nSPS) is 24.0. The Bertz CT molecular complexity index is 30.5.